The fourth-order valence-electron chi connectivity index (χ4n) is 10.0. The molecule has 1 aliphatic heterocycles. The normalized spacial score (nSPS) is 13.0. The summed E-state index contributed by atoms with van der Waals surface area (Å²) in [5.74, 6) is 1.69. The molecular formula is C60H64BN3O. The van der Waals surface area contributed by atoms with Gasteiger partial charge in [0, 0.05) is 28.6 Å². The number of imidazole rings is 1. The van der Waals surface area contributed by atoms with Crippen LogP contribution >= 0.6 is 0 Å². The molecule has 3 heterocycles. The highest BCUT2D eigenvalue weighted by atomic mass is 16.3. The van der Waals surface area contributed by atoms with Crippen molar-refractivity contribution in [1.29, 1.82) is 0 Å². The summed E-state index contributed by atoms with van der Waals surface area (Å²) in [5.41, 5.74) is 19.6. The molecule has 2 aromatic heterocycles. The van der Waals surface area contributed by atoms with Gasteiger partial charge in [0.1, 0.15) is 11.6 Å². The number of pyridine rings is 1. The van der Waals surface area contributed by atoms with E-state index in [4.69, 9.17) is 9.97 Å². The Morgan fingerprint density at radius 3 is 1.82 bits per heavy atom. The van der Waals surface area contributed by atoms with E-state index >= 15 is 0 Å². The lowest BCUT2D eigenvalue weighted by Crippen LogP contribution is -2.58. The van der Waals surface area contributed by atoms with Crippen molar-refractivity contribution >= 4 is 34.1 Å². The fraction of sp³-hybridized carbons (Fsp3) is 0.300. The average Bonchev–Trinajstić information content (AvgIpc) is 3.66. The summed E-state index contributed by atoms with van der Waals surface area (Å²) in [7, 11) is 0. The van der Waals surface area contributed by atoms with Crippen molar-refractivity contribution in [3.8, 4) is 56.3 Å². The Kier molecular flexibility index (Phi) is 10.9. The van der Waals surface area contributed by atoms with Crippen LogP contribution in [0.25, 0.3) is 61.6 Å². The first-order chi connectivity index (χ1) is 30.7. The Balaban J connectivity index is 1.41. The largest absolute Gasteiger partial charge is 0.507 e. The van der Waals surface area contributed by atoms with Crippen LogP contribution in [0.3, 0.4) is 0 Å². The highest BCUT2D eigenvalue weighted by Gasteiger charge is 2.39. The molecule has 328 valence electrons. The van der Waals surface area contributed by atoms with Crippen LogP contribution < -0.4 is 16.4 Å². The van der Waals surface area contributed by atoms with Gasteiger partial charge in [-0.15, -0.1) is 0 Å². The lowest BCUT2D eigenvalue weighted by molar-refractivity contribution is 0.446. The summed E-state index contributed by atoms with van der Waals surface area (Å²) in [6, 6.07) is 46.7. The van der Waals surface area contributed by atoms with Gasteiger partial charge in [-0.3, -0.25) is 9.55 Å². The molecule has 5 heteroatoms. The number of phenolic OH excluding ortho intramolecular Hbond substituents is 1. The molecule has 0 spiro atoms. The van der Waals surface area contributed by atoms with E-state index in [1.165, 1.54) is 33.1 Å². The monoisotopic (exact) mass is 854 g/mol. The molecule has 6 aromatic carbocycles. The van der Waals surface area contributed by atoms with E-state index in [1.807, 2.05) is 6.20 Å². The number of fused-ring (bicyclic) bond motifs is 2. The minimum absolute atomic E-state index is 0.0307. The van der Waals surface area contributed by atoms with Crippen LogP contribution in [-0.4, -0.2) is 26.4 Å². The van der Waals surface area contributed by atoms with Crippen LogP contribution in [0.5, 0.6) is 5.75 Å². The zero-order valence-electron chi connectivity index (χ0n) is 40.7. The van der Waals surface area contributed by atoms with E-state index in [0.29, 0.717) is 11.8 Å². The standard InChI is InChI=1S/C60H64BN3O/c1-36(2)44-22-19-23-45(37(3)4)53(44)61-49-24-17-18-25-52(49)64-55-50(61)27-26-46(54(55)63-57(64)47-34-43(59(8,9)10)35-48(56(47)65)60(11,12)13)40-30-41(32-42(31-40)58(5,6)7)51-33-39(28-29-62-51)38-20-15-14-16-21-38/h14-37,65H,1-13H3. The van der Waals surface area contributed by atoms with Crippen molar-refractivity contribution in [2.24, 2.45) is 0 Å². The zero-order valence-corrected chi connectivity index (χ0v) is 40.7. The van der Waals surface area contributed by atoms with Gasteiger partial charge in [-0.1, -0.05) is 186 Å². The van der Waals surface area contributed by atoms with Gasteiger partial charge < -0.3 is 5.11 Å². The number of phenols is 1. The molecule has 0 amide bonds. The third-order valence-corrected chi connectivity index (χ3v) is 13.6. The van der Waals surface area contributed by atoms with Crippen LogP contribution in [-0.2, 0) is 16.2 Å². The van der Waals surface area contributed by atoms with Crippen molar-refractivity contribution in [1.82, 2.24) is 14.5 Å². The smallest absolute Gasteiger partial charge is 0.247 e. The first-order valence-corrected chi connectivity index (χ1v) is 23.6. The van der Waals surface area contributed by atoms with Gasteiger partial charge in [0.2, 0.25) is 6.71 Å². The summed E-state index contributed by atoms with van der Waals surface area (Å²) < 4.78 is 2.38. The summed E-state index contributed by atoms with van der Waals surface area (Å²) in [5, 5.41) is 12.6. The summed E-state index contributed by atoms with van der Waals surface area (Å²) in [6.07, 6.45) is 1.93. The SMILES string of the molecule is CC(C)c1cccc(C(C)C)c1B1c2ccccc2-n2c(-c3cc(C(C)(C)C)cc(C(C)(C)C)c3O)nc3c(-c4cc(-c5cc(-c6ccccc6)ccn5)cc(C(C)(C)C)c4)ccc1c32. The predicted octanol–water partition coefficient (Wildman–Crippen LogP) is 13.8. The van der Waals surface area contributed by atoms with E-state index in [1.54, 1.807) is 0 Å². The van der Waals surface area contributed by atoms with E-state index < -0.39 is 0 Å². The second-order valence-electron chi connectivity index (χ2n) is 22.1. The minimum atomic E-state index is -0.309. The van der Waals surface area contributed by atoms with Crippen molar-refractivity contribution < 1.29 is 5.11 Å². The molecular weight excluding hydrogens is 789 g/mol. The minimum Gasteiger partial charge on any atom is -0.507 e. The summed E-state index contributed by atoms with van der Waals surface area (Å²) >= 11 is 0. The third-order valence-electron chi connectivity index (χ3n) is 13.6. The Bertz CT molecular complexity index is 3090. The van der Waals surface area contributed by atoms with Crippen LogP contribution in [0.15, 0.2) is 134 Å². The first kappa shape index (κ1) is 44.0. The molecule has 9 rings (SSSR count). The van der Waals surface area contributed by atoms with Crippen LogP contribution in [0, 0.1) is 0 Å². The molecule has 0 saturated heterocycles. The topological polar surface area (TPSA) is 50.9 Å². The second-order valence-corrected chi connectivity index (χ2v) is 22.1. The van der Waals surface area contributed by atoms with E-state index in [-0.39, 0.29) is 28.7 Å². The third kappa shape index (κ3) is 7.81. The van der Waals surface area contributed by atoms with Gasteiger partial charge in [-0.2, -0.15) is 0 Å². The number of hydrogen-bond donors (Lipinski definition) is 1. The highest BCUT2D eigenvalue weighted by Crippen LogP contribution is 2.45. The maximum Gasteiger partial charge on any atom is 0.247 e. The first-order valence-electron chi connectivity index (χ1n) is 23.6. The van der Waals surface area contributed by atoms with Crippen molar-refractivity contribution in [3.05, 3.63) is 161 Å². The molecule has 0 aliphatic carbocycles. The van der Waals surface area contributed by atoms with Gasteiger partial charge in [0.25, 0.3) is 0 Å². The van der Waals surface area contributed by atoms with Gasteiger partial charge in [-0.05, 0) is 114 Å². The number of nitrogens with zero attached hydrogens (tertiary/aromatic N) is 3. The summed E-state index contributed by atoms with van der Waals surface area (Å²) in [6.45, 7) is 29.4. The molecule has 4 nitrogen and oxygen atoms in total. The lowest BCUT2D eigenvalue weighted by Gasteiger charge is -2.32. The Labute approximate surface area is 387 Å². The Hall–Kier alpha value is -6.20. The van der Waals surface area contributed by atoms with Gasteiger partial charge >= 0.3 is 0 Å². The molecule has 0 saturated carbocycles. The van der Waals surface area contributed by atoms with Gasteiger partial charge in [0.05, 0.1) is 22.3 Å². The van der Waals surface area contributed by atoms with Gasteiger partial charge in [0.15, 0.2) is 0 Å². The Morgan fingerprint density at radius 2 is 1.17 bits per heavy atom. The molecule has 8 aromatic rings. The molecule has 0 radical (unpaired) electrons. The molecule has 0 bridgehead atoms. The summed E-state index contributed by atoms with van der Waals surface area (Å²) in [4.78, 5) is 10.8. The van der Waals surface area contributed by atoms with Crippen molar-refractivity contribution in [2.45, 2.75) is 118 Å². The highest BCUT2D eigenvalue weighted by molar-refractivity contribution is 6.98. The number of rotatable bonds is 7. The molecule has 0 unspecified atom stereocenters. The van der Waals surface area contributed by atoms with E-state index in [0.717, 1.165) is 72.7 Å². The number of aromatic nitrogens is 3. The number of hydrogen-bond acceptors (Lipinski definition) is 3. The zero-order chi connectivity index (χ0) is 46.3. The lowest BCUT2D eigenvalue weighted by atomic mass is 9.33. The average molecular weight is 854 g/mol. The molecule has 1 aliphatic rings. The number of aromatic hydroxyl groups is 1. The molecule has 0 atom stereocenters. The Morgan fingerprint density at radius 1 is 0.538 bits per heavy atom. The van der Waals surface area contributed by atoms with Crippen LogP contribution in [0.2, 0.25) is 0 Å². The second kappa shape index (κ2) is 16.0. The van der Waals surface area contributed by atoms with Crippen LogP contribution in [0.4, 0.5) is 0 Å². The van der Waals surface area contributed by atoms with Crippen molar-refractivity contribution in [2.75, 3.05) is 0 Å². The van der Waals surface area contributed by atoms with Crippen LogP contribution in [0.1, 0.15) is 130 Å². The number of para-hydroxylation sites is 1. The fourth-order valence-corrected chi connectivity index (χ4v) is 10.0. The van der Waals surface area contributed by atoms with E-state index in [2.05, 4.69) is 222 Å². The predicted molar refractivity (Wildman–Crippen MR) is 278 cm³/mol. The molecule has 0 fully saturated rings. The maximum atomic E-state index is 12.6. The quantitative estimate of drug-likeness (QED) is 0.163. The molecule has 65 heavy (non-hydrogen) atoms. The van der Waals surface area contributed by atoms with E-state index in [9.17, 15) is 5.11 Å². The van der Waals surface area contributed by atoms with Gasteiger partial charge in [-0.25, -0.2) is 4.98 Å². The van der Waals surface area contributed by atoms with Crippen molar-refractivity contribution in [3.63, 3.8) is 0 Å². The molecule has 1 N–H and O–H groups in total. The maximum absolute atomic E-state index is 12.6. The number of benzene rings is 6.